The van der Waals surface area contributed by atoms with Gasteiger partial charge in [-0.3, -0.25) is 9.59 Å². The van der Waals surface area contributed by atoms with Crippen LogP contribution in [0.15, 0.2) is 48.5 Å². The highest BCUT2D eigenvalue weighted by atomic mass is 16.6. The summed E-state index contributed by atoms with van der Waals surface area (Å²) in [5.41, 5.74) is 8.14. The lowest BCUT2D eigenvalue weighted by atomic mass is 9.84. The summed E-state index contributed by atoms with van der Waals surface area (Å²) < 4.78 is 17.7. The zero-order chi connectivity index (χ0) is 36.0. The molecule has 0 bridgehead atoms. The molecule has 0 spiro atoms. The Bertz CT molecular complexity index is 1640. The minimum Gasteiger partial charge on any atom is -0.497 e. The standard InChI is InChI=1S/C40H54N4O6/c1-25(2)37(46)36-35(27-15-10-7-11-16-27)33(24-44(36)34(45)23-40(3,4)5)49-38-30(42-29-21-20-28(48-6)22-31(29)43-38)18-12-8-9-14-26-17-13-19-32(26)50-39(41)47/h7,10-11,15-16,20-22,25-26,32-33,35-36H,8-9,12-14,17-19,23-24H2,1-6H3,(H2,41,47). The van der Waals surface area contributed by atoms with E-state index in [4.69, 9.17) is 29.9 Å². The number of likely N-dealkylation sites (tertiary alicyclic amines) is 1. The van der Waals surface area contributed by atoms with Crippen LogP contribution in [0.3, 0.4) is 0 Å². The van der Waals surface area contributed by atoms with Crippen LogP contribution >= 0.6 is 0 Å². The SMILES string of the molecule is COc1ccc2nc(CCCCCC3CCCC3OC(N)=O)c(OC3CN(C(=O)CC(C)(C)C)C(C(=O)C(C)C)C3c3ccccc3)nc2c1. The smallest absolute Gasteiger partial charge is 0.404 e. The summed E-state index contributed by atoms with van der Waals surface area (Å²) in [6.07, 6.45) is 6.48. The van der Waals surface area contributed by atoms with Crippen LogP contribution in [-0.2, 0) is 20.7 Å². The van der Waals surface area contributed by atoms with Gasteiger partial charge in [0.25, 0.3) is 0 Å². The van der Waals surface area contributed by atoms with Crippen LogP contribution < -0.4 is 15.2 Å². The summed E-state index contributed by atoms with van der Waals surface area (Å²) in [5.74, 6) is 0.757. The first-order valence-electron chi connectivity index (χ1n) is 18.2. The number of rotatable bonds is 14. The molecule has 10 nitrogen and oxygen atoms in total. The molecule has 1 saturated carbocycles. The third-order valence-electron chi connectivity index (χ3n) is 10.0. The van der Waals surface area contributed by atoms with Gasteiger partial charge in [-0.2, -0.15) is 0 Å². The van der Waals surface area contributed by atoms with Crippen molar-refractivity contribution in [1.82, 2.24) is 14.9 Å². The van der Waals surface area contributed by atoms with E-state index in [1.807, 2.05) is 83.1 Å². The number of primary amides is 1. The van der Waals surface area contributed by atoms with E-state index in [0.29, 0.717) is 35.9 Å². The molecule has 1 aliphatic heterocycles. The predicted octanol–water partition coefficient (Wildman–Crippen LogP) is 7.41. The molecule has 1 aliphatic carbocycles. The van der Waals surface area contributed by atoms with E-state index in [-0.39, 0.29) is 41.6 Å². The molecule has 5 unspecified atom stereocenters. The number of hydrogen-bond acceptors (Lipinski definition) is 8. The molecule has 2 amide bonds. The molecule has 0 radical (unpaired) electrons. The van der Waals surface area contributed by atoms with Gasteiger partial charge in [-0.05, 0) is 67.6 Å². The third-order valence-corrected chi connectivity index (χ3v) is 10.0. The Morgan fingerprint density at radius 3 is 2.40 bits per heavy atom. The van der Waals surface area contributed by atoms with Crippen LogP contribution in [0.5, 0.6) is 11.6 Å². The van der Waals surface area contributed by atoms with Crippen LogP contribution in [0, 0.1) is 17.3 Å². The highest BCUT2D eigenvalue weighted by Gasteiger charge is 2.50. The van der Waals surface area contributed by atoms with Crippen molar-refractivity contribution < 1.29 is 28.6 Å². The first-order valence-corrected chi connectivity index (χ1v) is 18.2. The fraction of sp³-hybridized carbons (Fsp3) is 0.575. The average molecular weight is 687 g/mol. The Kier molecular flexibility index (Phi) is 12.0. The Morgan fingerprint density at radius 2 is 1.72 bits per heavy atom. The summed E-state index contributed by atoms with van der Waals surface area (Å²) in [6.45, 7) is 10.2. The highest BCUT2D eigenvalue weighted by Crippen LogP contribution is 2.40. The van der Waals surface area contributed by atoms with Gasteiger partial charge >= 0.3 is 6.09 Å². The minimum atomic E-state index is -0.694. The minimum absolute atomic E-state index is 0.0208. The fourth-order valence-electron chi connectivity index (χ4n) is 7.58. The Morgan fingerprint density at radius 1 is 0.960 bits per heavy atom. The van der Waals surface area contributed by atoms with Crippen molar-refractivity contribution in [2.24, 2.45) is 23.0 Å². The number of ketones is 1. The van der Waals surface area contributed by atoms with E-state index in [2.05, 4.69) is 0 Å². The van der Waals surface area contributed by atoms with E-state index in [1.165, 1.54) is 0 Å². The number of fused-ring (bicyclic) bond motifs is 1. The second-order valence-corrected chi connectivity index (χ2v) is 15.5. The number of aryl methyl sites for hydroxylation is 1. The number of benzene rings is 2. The molecule has 2 fully saturated rings. The maximum Gasteiger partial charge on any atom is 0.404 e. The molecular formula is C40H54N4O6. The topological polar surface area (TPSA) is 134 Å². The molecule has 2 heterocycles. The number of amides is 2. The van der Waals surface area contributed by atoms with Crippen molar-refractivity contribution in [3.63, 3.8) is 0 Å². The third kappa shape index (κ3) is 9.11. The van der Waals surface area contributed by atoms with Crippen molar-refractivity contribution in [2.45, 2.75) is 117 Å². The summed E-state index contributed by atoms with van der Waals surface area (Å²) in [5, 5.41) is 0. The number of methoxy groups -OCH3 is 1. The van der Waals surface area contributed by atoms with Gasteiger partial charge in [0.1, 0.15) is 29.7 Å². The summed E-state index contributed by atoms with van der Waals surface area (Å²) >= 11 is 0. The van der Waals surface area contributed by atoms with Crippen LogP contribution in [0.1, 0.15) is 103 Å². The van der Waals surface area contributed by atoms with E-state index < -0.39 is 18.2 Å². The molecule has 2 N–H and O–H groups in total. The zero-order valence-corrected chi connectivity index (χ0v) is 30.5. The summed E-state index contributed by atoms with van der Waals surface area (Å²) in [7, 11) is 1.62. The van der Waals surface area contributed by atoms with Gasteiger partial charge in [-0.25, -0.2) is 14.8 Å². The molecule has 270 valence electrons. The lowest BCUT2D eigenvalue weighted by Gasteiger charge is -2.30. The number of Topliss-reactive ketones (excluding diaryl/α,β-unsaturated/α-hetero) is 1. The van der Waals surface area contributed by atoms with Crippen molar-refractivity contribution >= 4 is 28.8 Å². The van der Waals surface area contributed by atoms with Gasteiger partial charge in [-0.1, -0.05) is 77.8 Å². The molecule has 50 heavy (non-hydrogen) atoms. The normalized spacial score (nSPS) is 22.2. The predicted molar refractivity (Wildman–Crippen MR) is 193 cm³/mol. The number of nitrogens with zero attached hydrogens (tertiary/aromatic N) is 3. The molecule has 2 aliphatic rings. The highest BCUT2D eigenvalue weighted by molar-refractivity contribution is 5.92. The van der Waals surface area contributed by atoms with Crippen molar-refractivity contribution in [1.29, 1.82) is 0 Å². The lowest BCUT2D eigenvalue weighted by molar-refractivity contribution is -0.140. The van der Waals surface area contributed by atoms with Gasteiger partial charge in [-0.15, -0.1) is 0 Å². The largest absolute Gasteiger partial charge is 0.497 e. The monoisotopic (exact) mass is 686 g/mol. The van der Waals surface area contributed by atoms with Gasteiger partial charge < -0.3 is 24.8 Å². The van der Waals surface area contributed by atoms with Crippen molar-refractivity contribution in [3.8, 4) is 11.6 Å². The molecule has 3 aromatic rings. The summed E-state index contributed by atoms with van der Waals surface area (Å²) in [6, 6.07) is 14.9. The number of ether oxygens (including phenoxy) is 3. The molecule has 10 heteroatoms. The molecule has 1 saturated heterocycles. The molecule has 1 aromatic heterocycles. The fourth-order valence-corrected chi connectivity index (χ4v) is 7.58. The first-order chi connectivity index (χ1) is 23.8. The van der Waals surface area contributed by atoms with Crippen LogP contribution in [0.2, 0.25) is 0 Å². The lowest BCUT2D eigenvalue weighted by Crippen LogP contribution is -2.45. The Hall–Kier alpha value is -4.21. The van der Waals surface area contributed by atoms with E-state index in [9.17, 15) is 14.4 Å². The number of aromatic nitrogens is 2. The van der Waals surface area contributed by atoms with E-state index in [0.717, 1.165) is 61.7 Å². The van der Waals surface area contributed by atoms with Gasteiger partial charge in [0.05, 0.1) is 30.6 Å². The number of carbonyl (C=O) groups is 3. The van der Waals surface area contributed by atoms with Crippen LogP contribution in [0.4, 0.5) is 4.79 Å². The van der Waals surface area contributed by atoms with Crippen molar-refractivity contribution in [3.05, 3.63) is 59.8 Å². The molecule has 5 atom stereocenters. The summed E-state index contributed by atoms with van der Waals surface area (Å²) in [4.78, 5) is 51.0. The quantitative estimate of drug-likeness (QED) is 0.173. The number of unbranched alkanes of at least 4 members (excludes halogenated alkanes) is 2. The maximum absolute atomic E-state index is 14.0. The molecule has 5 rings (SSSR count). The van der Waals surface area contributed by atoms with Gasteiger partial charge in [0, 0.05) is 18.4 Å². The zero-order valence-electron chi connectivity index (χ0n) is 30.5. The Balaban J connectivity index is 1.43. The van der Waals surface area contributed by atoms with Crippen LogP contribution in [-0.4, -0.2) is 64.6 Å². The van der Waals surface area contributed by atoms with Crippen molar-refractivity contribution in [2.75, 3.05) is 13.7 Å². The van der Waals surface area contributed by atoms with Gasteiger partial charge in [0.15, 0.2) is 5.78 Å². The average Bonchev–Trinajstić information content (AvgIpc) is 3.67. The molecule has 2 aromatic carbocycles. The van der Waals surface area contributed by atoms with E-state index in [1.54, 1.807) is 12.0 Å². The van der Waals surface area contributed by atoms with Gasteiger partial charge in [0.2, 0.25) is 11.8 Å². The number of hydrogen-bond donors (Lipinski definition) is 1. The Labute approximate surface area is 296 Å². The second-order valence-electron chi connectivity index (χ2n) is 15.5. The van der Waals surface area contributed by atoms with E-state index >= 15 is 0 Å². The second kappa shape index (κ2) is 16.2. The number of carbonyl (C=O) groups excluding carboxylic acids is 3. The van der Waals surface area contributed by atoms with Crippen LogP contribution in [0.25, 0.3) is 11.0 Å². The molecular weight excluding hydrogens is 632 g/mol. The maximum atomic E-state index is 14.0. The first kappa shape index (κ1) is 37.1. The number of nitrogens with two attached hydrogens (primary N) is 1.